The van der Waals surface area contributed by atoms with Gasteiger partial charge in [0.05, 0.1) is 11.7 Å². The Morgan fingerprint density at radius 3 is 2.64 bits per heavy atom. The van der Waals surface area contributed by atoms with Crippen molar-refractivity contribution in [3.05, 3.63) is 53.2 Å². The zero-order valence-electron chi connectivity index (χ0n) is 14.6. The van der Waals surface area contributed by atoms with Crippen LogP contribution < -0.4 is 10.6 Å². The Kier molecular flexibility index (Phi) is 7.11. The van der Waals surface area contributed by atoms with Crippen LogP contribution in [0.5, 0.6) is 0 Å². The summed E-state index contributed by atoms with van der Waals surface area (Å²) in [5, 5.41) is 6.57. The van der Waals surface area contributed by atoms with Gasteiger partial charge in [0.2, 0.25) is 0 Å². The minimum absolute atomic E-state index is 0. The SMILES string of the molecule is CNc1cc(CN(C)Cc2ccc(F)cc2)nc(C2CCCN2)n1.Cl. The van der Waals surface area contributed by atoms with Gasteiger partial charge in [-0.05, 0) is 44.1 Å². The molecule has 5 nitrogen and oxygen atoms in total. The number of benzene rings is 1. The second-order valence-corrected chi connectivity index (χ2v) is 6.30. The molecule has 0 amide bonds. The number of hydrogen-bond acceptors (Lipinski definition) is 5. The number of nitrogens with one attached hydrogen (secondary N) is 2. The molecule has 2 aromatic rings. The topological polar surface area (TPSA) is 53.1 Å². The summed E-state index contributed by atoms with van der Waals surface area (Å²) in [6.07, 6.45) is 2.25. The summed E-state index contributed by atoms with van der Waals surface area (Å²) in [6.45, 7) is 2.49. The van der Waals surface area contributed by atoms with Crippen molar-refractivity contribution in [3.63, 3.8) is 0 Å². The third-order valence-corrected chi connectivity index (χ3v) is 4.22. The number of anilines is 1. The highest BCUT2D eigenvalue weighted by Crippen LogP contribution is 2.22. The molecule has 136 valence electrons. The molecule has 25 heavy (non-hydrogen) atoms. The second kappa shape index (κ2) is 9.08. The van der Waals surface area contributed by atoms with Crippen molar-refractivity contribution in [2.75, 3.05) is 26.0 Å². The molecule has 1 saturated heterocycles. The summed E-state index contributed by atoms with van der Waals surface area (Å²) >= 11 is 0. The number of halogens is 2. The minimum Gasteiger partial charge on any atom is -0.373 e. The molecule has 1 aromatic heterocycles. The lowest BCUT2D eigenvalue weighted by Crippen LogP contribution is -2.21. The van der Waals surface area contributed by atoms with Gasteiger partial charge in [0.1, 0.15) is 17.5 Å². The van der Waals surface area contributed by atoms with Crippen LogP contribution in [0.1, 0.15) is 36.0 Å². The van der Waals surface area contributed by atoms with E-state index in [1.54, 1.807) is 0 Å². The van der Waals surface area contributed by atoms with Gasteiger partial charge < -0.3 is 10.6 Å². The summed E-state index contributed by atoms with van der Waals surface area (Å²) in [6, 6.07) is 8.87. The fraction of sp³-hybridized carbons (Fsp3) is 0.444. The van der Waals surface area contributed by atoms with E-state index >= 15 is 0 Å². The van der Waals surface area contributed by atoms with Crippen molar-refractivity contribution in [2.24, 2.45) is 0 Å². The number of aromatic nitrogens is 2. The van der Waals surface area contributed by atoms with E-state index in [4.69, 9.17) is 4.98 Å². The quantitative estimate of drug-likeness (QED) is 0.823. The standard InChI is InChI=1S/C18H24FN5.ClH/c1-20-17-10-15(22-18(23-17)16-4-3-9-21-16)12-24(2)11-13-5-7-14(19)8-6-13;/h5-8,10,16,21H,3-4,9,11-12H2,1-2H3,(H,20,22,23);1H. The largest absolute Gasteiger partial charge is 0.373 e. The van der Waals surface area contributed by atoms with Crippen LogP contribution in [0.15, 0.2) is 30.3 Å². The number of nitrogens with zero attached hydrogens (tertiary/aromatic N) is 3. The highest BCUT2D eigenvalue weighted by Gasteiger charge is 2.20. The van der Waals surface area contributed by atoms with Crippen LogP contribution in [-0.4, -0.2) is 35.5 Å². The van der Waals surface area contributed by atoms with Crippen LogP contribution >= 0.6 is 12.4 Å². The molecule has 1 aliphatic rings. The summed E-state index contributed by atoms with van der Waals surface area (Å²) in [5.74, 6) is 1.51. The lowest BCUT2D eigenvalue weighted by Gasteiger charge is -2.18. The van der Waals surface area contributed by atoms with Crippen LogP contribution in [-0.2, 0) is 13.1 Å². The van der Waals surface area contributed by atoms with Crippen molar-refractivity contribution < 1.29 is 4.39 Å². The second-order valence-electron chi connectivity index (χ2n) is 6.30. The van der Waals surface area contributed by atoms with Crippen molar-refractivity contribution in [1.82, 2.24) is 20.2 Å². The first-order chi connectivity index (χ1) is 11.6. The first-order valence-electron chi connectivity index (χ1n) is 8.36. The van der Waals surface area contributed by atoms with Crippen molar-refractivity contribution >= 4 is 18.2 Å². The Bertz CT molecular complexity index is 674. The highest BCUT2D eigenvalue weighted by atomic mass is 35.5. The van der Waals surface area contributed by atoms with Gasteiger partial charge in [-0.15, -0.1) is 12.4 Å². The van der Waals surface area contributed by atoms with Crippen molar-refractivity contribution in [3.8, 4) is 0 Å². The zero-order valence-corrected chi connectivity index (χ0v) is 15.4. The van der Waals surface area contributed by atoms with Crippen LogP contribution in [0.25, 0.3) is 0 Å². The van der Waals surface area contributed by atoms with Crippen LogP contribution in [0.2, 0.25) is 0 Å². The third kappa shape index (κ3) is 5.36. The smallest absolute Gasteiger partial charge is 0.147 e. The normalized spacial score (nSPS) is 16.7. The average molecular weight is 366 g/mol. The lowest BCUT2D eigenvalue weighted by molar-refractivity contribution is 0.314. The van der Waals surface area contributed by atoms with Gasteiger partial charge in [0, 0.05) is 26.2 Å². The van der Waals surface area contributed by atoms with Crippen LogP contribution in [0.3, 0.4) is 0 Å². The van der Waals surface area contributed by atoms with Crippen molar-refractivity contribution in [1.29, 1.82) is 0 Å². The van der Waals surface area contributed by atoms with E-state index in [2.05, 4.69) is 20.5 Å². The predicted molar refractivity (Wildman–Crippen MR) is 100 cm³/mol. The molecule has 1 atom stereocenters. The lowest BCUT2D eigenvalue weighted by atomic mass is 10.2. The van der Waals surface area contributed by atoms with Gasteiger partial charge in [-0.3, -0.25) is 4.90 Å². The molecule has 1 fully saturated rings. The first-order valence-corrected chi connectivity index (χ1v) is 8.36. The van der Waals surface area contributed by atoms with E-state index in [0.29, 0.717) is 6.54 Å². The average Bonchev–Trinajstić information content (AvgIpc) is 3.11. The monoisotopic (exact) mass is 365 g/mol. The van der Waals surface area contributed by atoms with Crippen LogP contribution in [0.4, 0.5) is 10.2 Å². The third-order valence-electron chi connectivity index (χ3n) is 4.22. The molecular weight excluding hydrogens is 341 g/mol. The maximum absolute atomic E-state index is 13.0. The summed E-state index contributed by atoms with van der Waals surface area (Å²) < 4.78 is 13.0. The molecule has 0 saturated carbocycles. The molecule has 2 heterocycles. The van der Waals surface area contributed by atoms with E-state index < -0.39 is 0 Å². The van der Waals surface area contributed by atoms with E-state index in [1.165, 1.54) is 12.1 Å². The molecule has 3 rings (SSSR count). The Hall–Kier alpha value is -1.76. The summed E-state index contributed by atoms with van der Waals surface area (Å²) in [7, 11) is 3.91. The Morgan fingerprint density at radius 1 is 1.24 bits per heavy atom. The molecule has 0 aliphatic carbocycles. The Balaban J connectivity index is 0.00000225. The van der Waals surface area contributed by atoms with E-state index in [1.807, 2.05) is 32.3 Å². The van der Waals surface area contributed by atoms with Crippen molar-refractivity contribution in [2.45, 2.75) is 32.0 Å². The van der Waals surface area contributed by atoms with Gasteiger partial charge in [-0.25, -0.2) is 14.4 Å². The molecule has 1 aromatic carbocycles. The summed E-state index contributed by atoms with van der Waals surface area (Å²) in [4.78, 5) is 11.5. The maximum Gasteiger partial charge on any atom is 0.147 e. The molecule has 7 heteroatoms. The number of rotatable bonds is 6. The molecule has 2 N–H and O–H groups in total. The molecular formula is C18H25ClFN5. The Morgan fingerprint density at radius 2 is 2.00 bits per heavy atom. The number of hydrogen-bond donors (Lipinski definition) is 2. The molecule has 0 spiro atoms. The van der Waals surface area contributed by atoms with Gasteiger partial charge in [0.25, 0.3) is 0 Å². The van der Waals surface area contributed by atoms with E-state index in [-0.39, 0.29) is 24.3 Å². The van der Waals surface area contributed by atoms with Gasteiger partial charge in [-0.2, -0.15) is 0 Å². The molecule has 1 unspecified atom stereocenters. The van der Waals surface area contributed by atoms with E-state index in [0.717, 1.165) is 48.8 Å². The van der Waals surface area contributed by atoms with E-state index in [9.17, 15) is 4.39 Å². The Labute approximate surface area is 154 Å². The van der Waals surface area contributed by atoms with Crippen LogP contribution in [0, 0.1) is 5.82 Å². The predicted octanol–water partition coefficient (Wildman–Crippen LogP) is 3.14. The minimum atomic E-state index is -0.204. The fourth-order valence-electron chi connectivity index (χ4n) is 3.02. The molecule has 0 radical (unpaired) electrons. The summed E-state index contributed by atoms with van der Waals surface area (Å²) in [5.41, 5.74) is 2.07. The highest BCUT2D eigenvalue weighted by molar-refractivity contribution is 5.85. The first kappa shape index (κ1) is 19.6. The molecule has 0 bridgehead atoms. The fourth-order valence-corrected chi connectivity index (χ4v) is 3.02. The van der Waals surface area contributed by atoms with Gasteiger partial charge >= 0.3 is 0 Å². The maximum atomic E-state index is 13.0. The molecule has 1 aliphatic heterocycles. The van der Waals surface area contributed by atoms with Gasteiger partial charge in [0.15, 0.2) is 0 Å². The zero-order chi connectivity index (χ0) is 16.9. The van der Waals surface area contributed by atoms with Gasteiger partial charge in [-0.1, -0.05) is 12.1 Å².